The molecule has 0 spiro atoms. The van der Waals surface area contributed by atoms with Crippen LogP contribution < -0.4 is 16.4 Å². The number of benzene rings is 13. The topological polar surface area (TPSA) is 46.0 Å². The predicted molar refractivity (Wildman–Crippen MR) is 384 cm³/mol. The monoisotopic (exact) mass is 1170 g/mol. The third-order valence-electron chi connectivity index (χ3n) is 20.0. The van der Waals surface area contributed by atoms with Crippen LogP contribution in [-0.2, 0) is 0 Å². The molecule has 19 rings (SSSR count). The van der Waals surface area contributed by atoms with Crippen molar-refractivity contribution in [3.05, 3.63) is 282 Å². The van der Waals surface area contributed by atoms with Crippen molar-refractivity contribution in [1.29, 1.82) is 0 Å². The van der Waals surface area contributed by atoms with Crippen LogP contribution in [0.15, 0.2) is 258 Å². The van der Waals surface area contributed by atoms with E-state index in [1.165, 1.54) is 92.9 Å². The van der Waals surface area contributed by atoms with Crippen LogP contribution in [0.5, 0.6) is 0 Å². The number of rotatable bonds is 7. The van der Waals surface area contributed by atoms with Crippen molar-refractivity contribution in [3.63, 3.8) is 0 Å². The van der Waals surface area contributed by atoms with E-state index in [9.17, 15) is 0 Å². The van der Waals surface area contributed by atoms with Gasteiger partial charge in [0.25, 0.3) is 0 Å². The summed E-state index contributed by atoms with van der Waals surface area (Å²) in [5.74, 6) is 0. The fourth-order valence-corrected chi connectivity index (χ4v) is 16.6. The average molecular weight is 1170 g/mol. The van der Waals surface area contributed by atoms with Gasteiger partial charge in [0.15, 0.2) is 11.2 Å². The van der Waals surface area contributed by atoms with Crippen molar-refractivity contribution in [2.24, 2.45) is 0 Å². The Morgan fingerprint density at radius 1 is 0.253 bits per heavy atom. The van der Waals surface area contributed by atoms with Gasteiger partial charge in [0.1, 0.15) is 11.2 Å². The molecule has 0 saturated heterocycles. The van der Waals surface area contributed by atoms with Gasteiger partial charge in [-0.15, -0.1) is 0 Å². The number of fused-ring (bicyclic) bond motifs is 18. The molecule has 0 aliphatic carbocycles. The van der Waals surface area contributed by atoms with Gasteiger partial charge in [-0.25, -0.2) is 0 Å². The quantitative estimate of drug-likeness (QED) is 0.149. The molecule has 19 aromatic rings. The molecular weight excluding hydrogens is 1110 g/mol. The third-order valence-corrected chi connectivity index (χ3v) is 20.0. The van der Waals surface area contributed by atoms with Gasteiger partial charge in [-0.05, 0) is 133 Å². The Hall–Kier alpha value is -11.3. The van der Waals surface area contributed by atoms with Crippen molar-refractivity contribution in [2.75, 3.05) is 0 Å². The molecule has 6 aromatic heterocycles. The van der Waals surface area contributed by atoms with Crippen LogP contribution in [0, 0.1) is 41.5 Å². The zero-order valence-electron chi connectivity index (χ0n) is 51.4. The summed E-state index contributed by atoms with van der Waals surface area (Å²) < 4.78 is 23.6. The fraction of sp³-hybridized carbons (Fsp3) is 0.0714. The van der Waals surface area contributed by atoms with Gasteiger partial charge in [0.05, 0.1) is 55.5 Å². The molecule has 0 aliphatic heterocycles. The highest BCUT2D eigenvalue weighted by atomic mass is 16.3. The van der Waals surface area contributed by atoms with Crippen LogP contribution in [-0.4, -0.2) is 25.0 Å². The van der Waals surface area contributed by atoms with E-state index in [4.69, 9.17) is 8.83 Å². The minimum atomic E-state index is -0.114. The SMILES string of the molecule is Cc1cc(C)c(B(c2cc(-n3c4ccccc4c4cc5c(cc43)c3ccccc3n5-c3cccc4c3oc3ccccc34)cc(-n3c4ccccc4c4cc5c(cc43)c3ccccc3n5-c3cccc4c3oc3ccccc34)c2)c2c(C)cc(C)cc2C)c(C)c1. The second-order valence-electron chi connectivity index (χ2n) is 25.5. The lowest BCUT2D eigenvalue weighted by atomic mass is 9.34. The summed E-state index contributed by atoms with van der Waals surface area (Å²) in [6.45, 7) is 13.6. The van der Waals surface area contributed by atoms with Crippen LogP contribution in [0.25, 0.3) is 154 Å². The first kappa shape index (κ1) is 51.7. The number of hydrogen-bond donors (Lipinski definition) is 0. The van der Waals surface area contributed by atoms with E-state index in [1.54, 1.807) is 0 Å². The van der Waals surface area contributed by atoms with Gasteiger partial charge in [-0.3, -0.25) is 0 Å². The molecule has 6 nitrogen and oxygen atoms in total. The summed E-state index contributed by atoms with van der Waals surface area (Å²) in [5, 5.41) is 13.9. The van der Waals surface area contributed by atoms with E-state index in [1.807, 2.05) is 0 Å². The highest BCUT2D eigenvalue weighted by Gasteiger charge is 2.32. The summed E-state index contributed by atoms with van der Waals surface area (Å²) in [4.78, 5) is 0. The Morgan fingerprint density at radius 2 is 0.560 bits per heavy atom. The zero-order chi connectivity index (χ0) is 60.7. The van der Waals surface area contributed by atoms with Crippen LogP contribution >= 0.6 is 0 Å². The first-order valence-corrected chi connectivity index (χ1v) is 31.7. The number of aryl methyl sites for hydroxylation is 6. The normalized spacial score (nSPS) is 12.3. The van der Waals surface area contributed by atoms with Crippen molar-refractivity contribution in [2.45, 2.75) is 41.5 Å². The van der Waals surface area contributed by atoms with Crippen molar-refractivity contribution in [3.8, 4) is 22.7 Å². The smallest absolute Gasteiger partial charge is 0.242 e. The van der Waals surface area contributed by atoms with Crippen LogP contribution in [0.1, 0.15) is 33.4 Å². The zero-order valence-corrected chi connectivity index (χ0v) is 51.4. The van der Waals surface area contributed by atoms with Gasteiger partial charge in [-0.2, -0.15) is 0 Å². The number of para-hydroxylation sites is 8. The summed E-state index contributed by atoms with van der Waals surface area (Å²) >= 11 is 0. The molecule has 0 saturated carbocycles. The summed E-state index contributed by atoms with van der Waals surface area (Å²) in [6.07, 6.45) is 0. The molecule has 13 aromatic carbocycles. The number of furan rings is 2. The van der Waals surface area contributed by atoms with Gasteiger partial charge < -0.3 is 27.1 Å². The van der Waals surface area contributed by atoms with Crippen LogP contribution in [0.4, 0.5) is 0 Å². The minimum absolute atomic E-state index is 0.114. The Bertz CT molecular complexity index is 5940. The number of hydrogen-bond acceptors (Lipinski definition) is 2. The fourth-order valence-electron chi connectivity index (χ4n) is 16.6. The first-order chi connectivity index (χ1) is 44.6. The molecular formula is C84H59BN4O2. The molecule has 0 N–H and O–H groups in total. The molecule has 430 valence electrons. The van der Waals surface area contributed by atoms with Gasteiger partial charge in [-0.1, -0.05) is 207 Å². The molecule has 0 atom stereocenters. The van der Waals surface area contributed by atoms with Gasteiger partial charge in [0.2, 0.25) is 6.71 Å². The van der Waals surface area contributed by atoms with Gasteiger partial charge >= 0.3 is 0 Å². The standard InChI is InChI=1S/C84H59BN4O2/c1-48-37-50(3)81(51(4)38-48)85(82-52(5)39-49(2)40-53(82)6)54-41-55(86-69-29-13-7-21-57(69)65-46-77-67(44-75(65)86)59-23-9-15-31-71(59)88(77)73-33-19-27-63-61-25-11-17-35-79(61)90-83(63)73)43-56(42-54)87-70-30-14-8-22-58(70)66-47-78-68(45-76(66)87)60-24-10-16-32-72(60)89(78)74-34-20-28-64-62-26-12-18-36-80(62)91-84(64)74/h7-47H,1-6H3. The molecule has 0 amide bonds. The van der Waals surface area contributed by atoms with E-state index in [0.717, 1.165) is 111 Å². The average Bonchev–Trinajstić information content (AvgIpc) is 1.57. The van der Waals surface area contributed by atoms with Gasteiger partial charge in [0, 0.05) is 76.0 Å². The van der Waals surface area contributed by atoms with E-state index in [-0.39, 0.29) is 6.71 Å². The maximum Gasteiger partial charge on any atom is 0.242 e. The van der Waals surface area contributed by atoms with Crippen LogP contribution in [0.3, 0.4) is 0 Å². The maximum atomic E-state index is 6.81. The van der Waals surface area contributed by atoms with E-state index in [2.05, 4.69) is 309 Å². The van der Waals surface area contributed by atoms with E-state index < -0.39 is 0 Å². The lowest BCUT2D eigenvalue weighted by Crippen LogP contribution is -2.56. The molecule has 0 aliphatic rings. The molecule has 0 fully saturated rings. The van der Waals surface area contributed by atoms with E-state index in [0.29, 0.717) is 0 Å². The maximum absolute atomic E-state index is 6.81. The first-order valence-electron chi connectivity index (χ1n) is 31.7. The molecule has 6 heterocycles. The molecule has 0 radical (unpaired) electrons. The predicted octanol–water partition coefficient (Wildman–Crippen LogP) is 20.2. The Balaban J connectivity index is 0.927. The highest BCUT2D eigenvalue weighted by Crippen LogP contribution is 2.45. The molecule has 0 bridgehead atoms. The van der Waals surface area contributed by atoms with E-state index >= 15 is 0 Å². The summed E-state index contributed by atoms with van der Waals surface area (Å²) in [7, 11) is 0. The Morgan fingerprint density at radius 3 is 0.934 bits per heavy atom. The number of nitrogens with zero attached hydrogens (tertiary/aromatic N) is 4. The van der Waals surface area contributed by atoms with Crippen molar-refractivity contribution in [1.82, 2.24) is 18.3 Å². The largest absolute Gasteiger partial charge is 0.454 e. The second kappa shape index (κ2) is 19.1. The minimum Gasteiger partial charge on any atom is -0.454 e. The van der Waals surface area contributed by atoms with Crippen molar-refractivity contribution >= 4 is 154 Å². The summed E-state index contributed by atoms with van der Waals surface area (Å²) in [6, 6.07) is 92.5. The Labute approximate surface area is 524 Å². The van der Waals surface area contributed by atoms with Crippen LogP contribution in [0.2, 0.25) is 0 Å². The molecule has 0 unspecified atom stereocenters. The number of aromatic nitrogens is 4. The molecule has 7 heteroatoms. The highest BCUT2D eigenvalue weighted by molar-refractivity contribution is 6.96. The lowest BCUT2D eigenvalue weighted by Gasteiger charge is -2.26. The van der Waals surface area contributed by atoms with Crippen molar-refractivity contribution < 1.29 is 8.83 Å². The lowest BCUT2D eigenvalue weighted by molar-refractivity contribution is 0.666. The summed E-state index contributed by atoms with van der Waals surface area (Å²) in [5.41, 5.74) is 28.4. The second-order valence-corrected chi connectivity index (χ2v) is 25.5. The Kier molecular flexibility index (Phi) is 10.9. The molecule has 91 heavy (non-hydrogen) atoms. The third kappa shape index (κ3) is 7.37.